The average molecular weight is 603 g/mol. The first-order valence-corrected chi connectivity index (χ1v) is 14.6. The smallest absolute Gasteiger partial charge is 0.323 e. The Labute approximate surface area is 256 Å². The molecule has 0 aliphatic carbocycles. The quantitative estimate of drug-likeness (QED) is 0.190. The fraction of sp³-hybridized carbons (Fsp3) is 0.333. The van der Waals surface area contributed by atoms with Crippen molar-refractivity contribution in [3.63, 3.8) is 0 Å². The Morgan fingerprint density at radius 3 is 2.34 bits per heavy atom. The van der Waals surface area contributed by atoms with E-state index in [1.807, 2.05) is 45.0 Å². The van der Waals surface area contributed by atoms with Gasteiger partial charge in [-0.2, -0.15) is 0 Å². The maximum absolute atomic E-state index is 13.1. The van der Waals surface area contributed by atoms with Gasteiger partial charge in [-0.15, -0.1) is 0 Å². The van der Waals surface area contributed by atoms with Crippen molar-refractivity contribution in [3.05, 3.63) is 83.4 Å². The predicted molar refractivity (Wildman–Crippen MR) is 166 cm³/mol. The second-order valence-electron chi connectivity index (χ2n) is 11.0. The van der Waals surface area contributed by atoms with Crippen LogP contribution in [-0.2, 0) is 27.2 Å². The number of para-hydroxylation sites is 1. The second-order valence-corrected chi connectivity index (χ2v) is 11.0. The van der Waals surface area contributed by atoms with E-state index in [2.05, 4.69) is 21.3 Å². The molecule has 232 valence electrons. The number of carbonyl (C=O) groups excluding carboxylic acids is 3. The van der Waals surface area contributed by atoms with Gasteiger partial charge in [0, 0.05) is 17.9 Å². The maximum Gasteiger partial charge on any atom is 0.323 e. The molecule has 0 bridgehead atoms. The molecule has 0 saturated heterocycles. The van der Waals surface area contributed by atoms with Crippen LogP contribution in [0.2, 0.25) is 0 Å². The zero-order valence-corrected chi connectivity index (χ0v) is 25.0. The number of aliphatic carboxylic acids is 1. The number of hydrogen-bond acceptors (Lipinski definition) is 6. The number of fused-ring (bicyclic) bond motifs is 1. The van der Waals surface area contributed by atoms with Crippen LogP contribution in [0.25, 0.3) is 0 Å². The van der Waals surface area contributed by atoms with Crippen LogP contribution < -0.4 is 30.7 Å². The van der Waals surface area contributed by atoms with E-state index < -0.39 is 23.8 Å². The lowest BCUT2D eigenvalue weighted by atomic mass is 9.98. The van der Waals surface area contributed by atoms with Crippen LogP contribution in [0.1, 0.15) is 49.8 Å². The molecule has 0 spiro atoms. The summed E-state index contributed by atoms with van der Waals surface area (Å²) in [5.41, 5.74) is 3.50. The van der Waals surface area contributed by atoms with Gasteiger partial charge in [-0.05, 0) is 65.8 Å². The summed E-state index contributed by atoms with van der Waals surface area (Å²) in [4.78, 5) is 50.5. The summed E-state index contributed by atoms with van der Waals surface area (Å²) in [6.07, 6.45) is 1.18. The van der Waals surface area contributed by atoms with E-state index in [1.165, 1.54) is 0 Å². The number of carboxylic acid groups (broad SMARTS) is 1. The van der Waals surface area contributed by atoms with Gasteiger partial charge in [-0.3, -0.25) is 14.4 Å². The number of aryl methyl sites for hydroxylation is 1. The SMILES string of the molecule is CCc1ccccc1NC(=O)Nc1ccc(CC(=O)N[C@@H](CC(C)C)C(=O)NCC(C(=O)O)c2ccc3c(c2)OCO3)cc1. The molecular formula is C33H38N4O7. The first-order chi connectivity index (χ1) is 21.1. The Balaban J connectivity index is 1.31. The number of nitrogens with one attached hydrogen (secondary N) is 4. The van der Waals surface area contributed by atoms with Crippen LogP contribution in [0.5, 0.6) is 11.5 Å². The summed E-state index contributed by atoms with van der Waals surface area (Å²) < 4.78 is 10.6. The predicted octanol–water partition coefficient (Wildman–Crippen LogP) is 4.68. The van der Waals surface area contributed by atoms with Crippen molar-refractivity contribution in [3.8, 4) is 11.5 Å². The van der Waals surface area contributed by atoms with Gasteiger partial charge in [0.1, 0.15) is 6.04 Å². The van der Waals surface area contributed by atoms with E-state index in [-0.39, 0.29) is 37.6 Å². The molecule has 3 aromatic carbocycles. The third kappa shape index (κ3) is 8.73. The first-order valence-electron chi connectivity index (χ1n) is 14.6. The van der Waals surface area contributed by atoms with Crippen molar-refractivity contribution >= 4 is 35.2 Å². The highest BCUT2D eigenvalue weighted by Crippen LogP contribution is 2.34. The fourth-order valence-electron chi connectivity index (χ4n) is 4.88. The number of carbonyl (C=O) groups is 4. The van der Waals surface area contributed by atoms with Crippen molar-refractivity contribution in [1.29, 1.82) is 0 Å². The van der Waals surface area contributed by atoms with Gasteiger partial charge >= 0.3 is 12.0 Å². The van der Waals surface area contributed by atoms with E-state index in [1.54, 1.807) is 42.5 Å². The molecule has 4 rings (SSSR count). The molecule has 1 aliphatic rings. The summed E-state index contributed by atoms with van der Waals surface area (Å²) in [5, 5.41) is 21.0. The molecule has 1 unspecified atom stereocenters. The Morgan fingerprint density at radius 1 is 0.909 bits per heavy atom. The minimum atomic E-state index is -1.10. The minimum Gasteiger partial charge on any atom is -0.481 e. The Bertz CT molecular complexity index is 1490. The molecule has 1 heterocycles. The zero-order chi connectivity index (χ0) is 31.6. The number of anilines is 2. The number of amides is 4. The zero-order valence-electron chi connectivity index (χ0n) is 25.0. The number of rotatable bonds is 13. The molecule has 5 N–H and O–H groups in total. The highest BCUT2D eigenvalue weighted by molar-refractivity contribution is 6.00. The highest BCUT2D eigenvalue weighted by atomic mass is 16.7. The molecule has 0 radical (unpaired) electrons. The van der Waals surface area contributed by atoms with Gasteiger partial charge in [0.2, 0.25) is 18.6 Å². The average Bonchev–Trinajstić information content (AvgIpc) is 3.46. The summed E-state index contributed by atoms with van der Waals surface area (Å²) in [6.45, 7) is 5.78. The van der Waals surface area contributed by atoms with Crippen LogP contribution in [0, 0.1) is 5.92 Å². The van der Waals surface area contributed by atoms with Gasteiger partial charge < -0.3 is 35.8 Å². The third-order valence-electron chi connectivity index (χ3n) is 7.16. The summed E-state index contributed by atoms with van der Waals surface area (Å²) in [6, 6.07) is 18.1. The topological polar surface area (TPSA) is 155 Å². The molecular weight excluding hydrogens is 564 g/mol. The monoisotopic (exact) mass is 602 g/mol. The normalized spacial score (nSPS) is 13.1. The van der Waals surface area contributed by atoms with E-state index in [0.29, 0.717) is 34.7 Å². The van der Waals surface area contributed by atoms with Gasteiger partial charge in [0.15, 0.2) is 11.5 Å². The lowest BCUT2D eigenvalue weighted by Gasteiger charge is -2.22. The number of benzene rings is 3. The van der Waals surface area contributed by atoms with E-state index >= 15 is 0 Å². The van der Waals surface area contributed by atoms with Crippen LogP contribution in [0.3, 0.4) is 0 Å². The molecule has 0 saturated carbocycles. The van der Waals surface area contributed by atoms with Gasteiger partial charge in [-0.25, -0.2) is 4.79 Å². The molecule has 44 heavy (non-hydrogen) atoms. The Hall–Kier alpha value is -5.06. The van der Waals surface area contributed by atoms with Gasteiger partial charge in [0.25, 0.3) is 0 Å². The molecule has 0 fully saturated rings. The Kier molecular flexibility index (Phi) is 10.8. The van der Waals surface area contributed by atoms with Crippen molar-refractivity contribution in [2.75, 3.05) is 24.0 Å². The van der Waals surface area contributed by atoms with Gasteiger partial charge in [0.05, 0.1) is 12.3 Å². The summed E-state index contributed by atoms with van der Waals surface area (Å²) >= 11 is 0. The third-order valence-corrected chi connectivity index (χ3v) is 7.16. The number of urea groups is 1. The fourth-order valence-corrected chi connectivity index (χ4v) is 4.88. The molecule has 4 amide bonds. The van der Waals surface area contributed by atoms with Gasteiger partial charge in [-0.1, -0.05) is 57.2 Å². The van der Waals surface area contributed by atoms with E-state index in [0.717, 1.165) is 17.7 Å². The highest BCUT2D eigenvalue weighted by Gasteiger charge is 2.27. The largest absolute Gasteiger partial charge is 0.481 e. The molecule has 0 aromatic heterocycles. The second kappa shape index (κ2) is 14.9. The molecule has 3 aromatic rings. The lowest BCUT2D eigenvalue weighted by molar-refractivity contribution is -0.139. The number of hydrogen-bond donors (Lipinski definition) is 5. The summed E-state index contributed by atoms with van der Waals surface area (Å²) in [7, 11) is 0. The molecule has 11 heteroatoms. The van der Waals surface area contributed by atoms with Crippen LogP contribution in [0.4, 0.5) is 16.2 Å². The van der Waals surface area contributed by atoms with Crippen LogP contribution in [0.15, 0.2) is 66.7 Å². The molecule has 2 atom stereocenters. The summed E-state index contributed by atoms with van der Waals surface area (Å²) in [5.74, 6) is -1.85. The first kappa shape index (κ1) is 31.9. The molecule has 1 aliphatic heterocycles. The minimum absolute atomic E-state index is 0.0210. The van der Waals surface area contributed by atoms with Crippen molar-refractivity contribution < 1.29 is 33.8 Å². The van der Waals surface area contributed by atoms with Crippen LogP contribution >= 0.6 is 0 Å². The Morgan fingerprint density at radius 2 is 1.64 bits per heavy atom. The number of carboxylic acids is 1. The van der Waals surface area contributed by atoms with Crippen molar-refractivity contribution in [2.45, 2.75) is 52.0 Å². The van der Waals surface area contributed by atoms with Crippen LogP contribution in [-0.4, -0.2) is 48.3 Å². The van der Waals surface area contributed by atoms with Crippen molar-refractivity contribution in [1.82, 2.24) is 10.6 Å². The lowest BCUT2D eigenvalue weighted by Crippen LogP contribution is -2.49. The van der Waals surface area contributed by atoms with E-state index in [4.69, 9.17) is 9.47 Å². The van der Waals surface area contributed by atoms with Crippen molar-refractivity contribution in [2.24, 2.45) is 5.92 Å². The standard InChI is InChI=1S/C33H38N4O7/c1-4-22-7-5-6-8-26(22)37-33(42)35-24-12-9-21(10-13-24)16-30(38)36-27(15-20(2)3)31(39)34-18-25(32(40)41)23-11-14-28-29(17-23)44-19-43-28/h5-14,17,20,25,27H,4,15-16,18-19H2,1-3H3,(H,34,39)(H,36,38)(H,40,41)(H2,35,37,42)/t25?,27-/m0/s1. The number of ether oxygens (including phenoxy) is 2. The maximum atomic E-state index is 13.1. The van der Waals surface area contributed by atoms with E-state index in [9.17, 15) is 24.3 Å². The molecule has 11 nitrogen and oxygen atoms in total.